The molecule has 1 unspecified atom stereocenters. The zero-order valence-electron chi connectivity index (χ0n) is 12.4. The fraction of sp³-hybridized carbons (Fsp3) is 0.600. The largest absolute Gasteiger partial charge is 0.493 e. The third kappa shape index (κ3) is 3.78. The van der Waals surface area contributed by atoms with E-state index in [0.29, 0.717) is 10.8 Å². The van der Waals surface area contributed by atoms with Gasteiger partial charge in [0.25, 0.3) is 0 Å². The van der Waals surface area contributed by atoms with Gasteiger partial charge in [0.1, 0.15) is 0 Å². The normalized spacial score (nSPS) is 19.6. The van der Waals surface area contributed by atoms with Gasteiger partial charge < -0.3 is 15.2 Å². The maximum Gasteiger partial charge on any atom is 0.166 e. The van der Waals surface area contributed by atoms with Crippen LogP contribution in [0.25, 0.3) is 0 Å². The fourth-order valence-corrected chi connectivity index (χ4v) is 2.74. The van der Waals surface area contributed by atoms with Crippen molar-refractivity contribution in [3.8, 4) is 11.5 Å². The molecule has 112 valence electrons. The lowest BCUT2D eigenvalue weighted by atomic mass is 10.1. The average molecular weight is 299 g/mol. The van der Waals surface area contributed by atoms with Crippen molar-refractivity contribution in [2.45, 2.75) is 39.0 Å². The monoisotopic (exact) mass is 298 g/mol. The van der Waals surface area contributed by atoms with Crippen LogP contribution in [0.3, 0.4) is 0 Å². The molecule has 2 rings (SSSR count). The summed E-state index contributed by atoms with van der Waals surface area (Å²) in [4.78, 5) is 2.32. The summed E-state index contributed by atoms with van der Waals surface area (Å²) >= 11 is 6.17. The van der Waals surface area contributed by atoms with E-state index in [-0.39, 0.29) is 12.1 Å². The van der Waals surface area contributed by atoms with Gasteiger partial charge in [-0.2, -0.15) is 0 Å². The number of halogens is 1. The summed E-state index contributed by atoms with van der Waals surface area (Å²) in [6.07, 6.45) is 1.13. The van der Waals surface area contributed by atoms with E-state index in [1.807, 2.05) is 19.9 Å². The first-order valence-electron chi connectivity index (χ1n) is 7.00. The first kappa shape index (κ1) is 15.4. The molecule has 0 spiro atoms. The highest BCUT2D eigenvalue weighted by molar-refractivity contribution is 6.30. The van der Waals surface area contributed by atoms with E-state index < -0.39 is 0 Å². The Hall–Kier alpha value is -0.970. The lowest BCUT2D eigenvalue weighted by Gasteiger charge is -2.21. The predicted octanol–water partition coefficient (Wildman–Crippen LogP) is 2.67. The minimum absolute atomic E-state index is 0.0876. The van der Waals surface area contributed by atoms with Crippen LogP contribution in [-0.4, -0.2) is 37.2 Å². The van der Waals surface area contributed by atoms with Crippen LogP contribution in [0.15, 0.2) is 12.1 Å². The smallest absolute Gasteiger partial charge is 0.166 e. The van der Waals surface area contributed by atoms with E-state index in [2.05, 4.69) is 4.90 Å². The summed E-state index contributed by atoms with van der Waals surface area (Å²) in [5.74, 6) is 1.47. The van der Waals surface area contributed by atoms with Crippen molar-refractivity contribution in [2.75, 3.05) is 20.2 Å². The van der Waals surface area contributed by atoms with E-state index in [9.17, 15) is 0 Å². The first-order valence-corrected chi connectivity index (χ1v) is 7.38. The summed E-state index contributed by atoms with van der Waals surface area (Å²) in [5, 5.41) is 0.663. The summed E-state index contributed by atoms with van der Waals surface area (Å²) in [7, 11) is 1.63. The second-order valence-corrected chi connectivity index (χ2v) is 5.98. The number of nitrogens with two attached hydrogens (primary N) is 1. The Kier molecular flexibility index (Phi) is 5.13. The topological polar surface area (TPSA) is 47.7 Å². The molecule has 1 aliphatic heterocycles. The van der Waals surface area contributed by atoms with E-state index in [1.165, 1.54) is 0 Å². The lowest BCUT2D eigenvalue weighted by molar-refractivity contribution is 0.222. The summed E-state index contributed by atoms with van der Waals surface area (Å²) in [6.45, 7) is 6.72. The number of likely N-dealkylation sites (tertiary alicyclic amines) is 1. The number of benzene rings is 1. The molecule has 1 fully saturated rings. The van der Waals surface area contributed by atoms with E-state index in [0.717, 1.165) is 37.4 Å². The average Bonchev–Trinajstić information content (AvgIpc) is 2.77. The van der Waals surface area contributed by atoms with Gasteiger partial charge in [-0.05, 0) is 26.3 Å². The Balaban J connectivity index is 2.26. The van der Waals surface area contributed by atoms with Gasteiger partial charge in [0.15, 0.2) is 11.5 Å². The maximum atomic E-state index is 6.17. The van der Waals surface area contributed by atoms with Crippen molar-refractivity contribution in [1.82, 2.24) is 4.90 Å². The van der Waals surface area contributed by atoms with E-state index in [4.69, 9.17) is 26.8 Å². The second kappa shape index (κ2) is 6.66. The lowest BCUT2D eigenvalue weighted by Crippen LogP contribution is -2.26. The molecule has 1 aliphatic rings. The van der Waals surface area contributed by atoms with Gasteiger partial charge in [0.2, 0.25) is 0 Å². The van der Waals surface area contributed by atoms with Crippen molar-refractivity contribution in [3.63, 3.8) is 0 Å². The Morgan fingerprint density at radius 1 is 1.45 bits per heavy atom. The van der Waals surface area contributed by atoms with Gasteiger partial charge in [-0.1, -0.05) is 11.6 Å². The van der Waals surface area contributed by atoms with Crippen LogP contribution in [0.5, 0.6) is 11.5 Å². The second-order valence-electron chi connectivity index (χ2n) is 5.55. The molecular weight excluding hydrogens is 276 g/mol. The van der Waals surface area contributed by atoms with Crippen LogP contribution in [0.2, 0.25) is 5.02 Å². The van der Waals surface area contributed by atoms with Crippen molar-refractivity contribution in [1.29, 1.82) is 0 Å². The molecule has 0 saturated carbocycles. The van der Waals surface area contributed by atoms with Crippen LogP contribution in [0.4, 0.5) is 0 Å². The third-order valence-electron chi connectivity index (χ3n) is 3.37. The fourth-order valence-electron chi connectivity index (χ4n) is 2.51. The Morgan fingerprint density at radius 3 is 2.75 bits per heavy atom. The number of nitrogens with zero attached hydrogens (tertiary/aromatic N) is 1. The number of hydrogen-bond donors (Lipinski definition) is 1. The summed E-state index contributed by atoms with van der Waals surface area (Å²) in [5.41, 5.74) is 7.01. The van der Waals surface area contributed by atoms with Gasteiger partial charge in [0.05, 0.1) is 13.2 Å². The Morgan fingerprint density at radius 2 is 2.20 bits per heavy atom. The highest BCUT2D eigenvalue weighted by atomic mass is 35.5. The maximum absolute atomic E-state index is 6.17. The minimum atomic E-state index is 0.0876. The van der Waals surface area contributed by atoms with Gasteiger partial charge in [0, 0.05) is 42.3 Å². The molecule has 20 heavy (non-hydrogen) atoms. The molecule has 4 nitrogen and oxygen atoms in total. The molecule has 0 aromatic heterocycles. The first-order chi connectivity index (χ1) is 9.49. The zero-order chi connectivity index (χ0) is 14.7. The minimum Gasteiger partial charge on any atom is -0.493 e. The third-order valence-corrected chi connectivity index (χ3v) is 3.59. The van der Waals surface area contributed by atoms with Crippen LogP contribution >= 0.6 is 11.6 Å². The van der Waals surface area contributed by atoms with Gasteiger partial charge in [-0.25, -0.2) is 0 Å². The Labute approximate surface area is 125 Å². The zero-order valence-corrected chi connectivity index (χ0v) is 13.1. The molecule has 0 bridgehead atoms. The van der Waals surface area contributed by atoms with Crippen molar-refractivity contribution >= 4 is 11.6 Å². The van der Waals surface area contributed by atoms with Crippen LogP contribution in [0.1, 0.15) is 25.8 Å². The molecule has 1 aromatic carbocycles. The summed E-state index contributed by atoms with van der Waals surface area (Å²) in [6, 6.07) is 4.01. The van der Waals surface area contributed by atoms with Crippen molar-refractivity contribution < 1.29 is 9.47 Å². The quantitative estimate of drug-likeness (QED) is 0.908. The molecule has 0 radical (unpaired) electrons. The molecular formula is C15H23ClN2O2. The van der Waals surface area contributed by atoms with E-state index >= 15 is 0 Å². The highest BCUT2D eigenvalue weighted by Gasteiger charge is 2.22. The highest BCUT2D eigenvalue weighted by Crippen LogP contribution is 2.36. The van der Waals surface area contributed by atoms with Crippen LogP contribution in [-0.2, 0) is 6.54 Å². The van der Waals surface area contributed by atoms with Crippen LogP contribution < -0.4 is 15.2 Å². The number of rotatable bonds is 5. The number of hydrogen-bond acceptors (Lipinski definition) is 4. The molecule has 1 atom stereocenters. The molecule has 0 amide bonds. The van der Waals surface area contributed by atoms with Crippen molar-refractivity contribution in [2.24, 2.45) is 5.73 Å². The number of ether oxygens (including phenoxy) is 2. The van der Waals surface area contributed by atoms with Crippen LogP contribution in [0, 0.1) is 0 Å². The van der Waals surface area contributed by atoms with E-state index in [1.54, 1.807) is 13.2 Å². The SMILES string of the molecule is COc1cc(Cl)cc(CN2CCC(N)C2)c1OC(C)C. The van der Waals surface area contributed by atoms with Gasteiger partial charge in [-0.3, -0.25) is 4.90 Å². The molecule has 1 aromatic rings. The molecule has 2 N–H and O–H groups in total. The number of methoxy groups -OCH3 is 1. The predicted molar refractivity (Wildman–Crippen MR) is 81.6 cm³/mol. The molecule has 5 heteroatoms. The Bertz CT molecular complexity index is 465. The van der Waals surface area contributed by atoms with Gasteiger partial charge in [-0.15, -0.1) is 0 Å². The molecule has 1 heterocycles. The van der Waals surface area contributed by atoms with Gasteiger partial charge >= 0.3 is 0 Å². The standard InChI is InChI=1S/C15H23ClN2O2/c1-10(2)20-15-11(6-12(16)7-14(15)19-3)8-18-5-4-13(17)9-18/h6-7,10,13H,4-5,8-9,17H2,1-3H3. The summed E-state index contributed by atoms with van der Waals surface area (Å²) < 4.78 is 11.3. The molecule has 1 saturated heterocycles. The van der Waals surface area contributed by atoms with Crippen molar-refractivity contribution in [3.05, 3.63) is 22.7 Å². The molecule has 0 aliphatic carbocycles.